The molecule has 188 valence electrons. The average molecular weight is 485 g/mol. The zero-order chi connectivity index (χ0) is 24.9. The minimum Gasteiger partial charge on any atom is -0.493 e. The fourth-order valence-electron chi connectivity index (χ4n) is 8.34. The van der Waals surface area contributed by atoms with E-state index in [2.05, 4.69) is 15.9 Å². The average Bonchev–Trinajstić information content (AvgIpc) is 3.47. The van der Waals surface area contributed by atoms with E-state index in [1.165, 1.54) is 14.0 Å². The lowest BCUT2D eigenvalue weighted by molar-refractivity contribution is -0.199. The zero-order valence-corrected chi connectivity index (χ0v) is 21.0. The van der Waals surface area contributed by atoms with Crippen LogP contribution in [0.5, 0.6) is 11.5 Å². The topological polar surface area (TPSA) is 86.8 Å². The van der Waals surface area contributed by atoms with E-state index in [0.717, 1.165) is 16.8 Å². The van der Waals surface area contributed by atoms with Gasteiger partial charge in [-0.3, -0.25) is 14.5 Å². The minimum atomic E-state index is -1.17. The van der Waals surface area contributed by atoms with E-state index in [1.54, 1.807) is 14.2 Å². The molecule has 9 heteroatoms. The Morgan fingerprint density at radius 3 is 2.54 bits per heavy atom. The van der Waals surface area contributed by atoms with Gasteiger partial charge in [0.25, 0.3) is 0 Å². The second kappa shape index (κ2) is 7.13. The van der Waals surface area contributed by atoms with E-state index >= 15 is 0 Å². The SMILES string of the molecule is CC=C1CN2[C@@H]3C[C@@]45c6cc(OC)c(OC)cc6N(C)[C@]4(O3)[C@@H]2C[C@H]1[C@]5(COC(C)=O)C(=O)OC. The van der Waals surface area contributed by atoms with Crippen LogP contribution in [0.1, 0.15) is 32.3 Å². The van der Waals surface area contributed by atoms with Crippen LogP contribution < -0.4 is 14.4 Å². The number of nitrogens with zero attached hydrogens (tertiary/aromatic N) is 2. The fourth-order valence-corrected chi connectivity index (χ4v) is 8.34. The van der Waals surface area contributed by atoms with Crippen LogP contribution in [0.3, 0.4) is 0 Å². The summed E-state index contributed by atoms with van der Waals surface area (Å²) >= 11 is 0. The Morgan fingerprint density at radius 1 is 1.20 bits per heavy atom. The molecule has 1 aromatic rings. The first-order valence-electron chi connectivity index (χ1n) is 12.1. The molecule has 5 aliphatic rings. The van der Waals surface area contributed by atoms with Crippen LogP contribution in [0.15, 0.2) is 23.8 Å². The quantitative estimate of drug-likeness (QED) is 0.461. The molecule has 1 saturated carbocycles. The third kappa shape index (κ3) is 2.23. The fraction of sp³-hybridized carbons (Fsp3) is 0.615. The van der Waals surface area contributed by atoms with Crippen LogP contribution >= 0.6 is 0 Å². The molecule has 0 N–H and O–H groups in total. The number of anilines is 1. The Bertz CT molecular complexity index is 1170. The van der Waals surface area contributed by atoms with Gasteiger partial charge in [-0.1, -0.05) is 11.6 Å². The number of carbonyl (C=O) groups excluding carboxylic acids is 2. The van der Waals surface area contributed by atoms with Gasteiger partial charge < -0.3 is 28.6 Å². The van der Waals surface area contributed by atoms with E-state index in [4.69, 9.17) is 23.7 Å². The number of hydrogen-bond acceptors (Lipinski definition) is 9. The molecule has 9 nitrogen and oxygen atoms in total. The van der Waals surface area contributed by atoms with Gasteiger partial charge in [0.2, 0.25) is 0 Å². The Balaban J connectivity index is 1.72. The van der Waals surface area contributed by atoms with Crippen molar-refractivity contribution in [1.29, 1.82) is 0 Å². The summed E-state index contributed by atoms with van der Waals surface area (Å²) in [4.78, 5) is 30.9. The monoisotopic (exact) mass is 484 g/mol. The third-order valence-electron chi connectivity index (χ3n) is 9.50. The molecule has 0 amide bonds. The van der Waals surface area contributed by atoms with Gasteiger partial charge in [-0.2, -0.15) is 0 Å². The number of carbonyl (C=O) groups is 2. The number of piperidine rings is 2. The number of allylic oxidation sites excluding steroid dienone is 1. The molecule has 1 aliphatic carbocycles. The number of methoxy groups -OCH3 is 3. The summed E-state index contributed by atoms with van der Waals surface area (Å²) in [7, 11) is 6.66. The number of esters is 2. The van der Waals surface area contributed by atoms with E-state index < -0.39 is 22.5 Å². The summed E-state index contributed by atoms with van der Waals surface area (Å²) in [6.45, 7) is 4.02. The molecule has 6 rings (SSSR count). The predicted octanol–water partition coefficient (Wildman–Crippen LogP) is 2.22. The molecular weight excluding hydrogens is 452 g/mol. The van der Waals surface area contributed by atoms with Gasteiger partial charge in [0.1, 0.15) is 18.2 Å². The van der Waals surface area contributed by atoms with Gasteiger partial charge >= 0.3 is 11.9 Å². The number of hydrogen-bond donors (Lipinski definition) is 0. The largest absolute Gasteiger partial charge is 0.493 e. The molecule has 0 aromatic heterocycles. The zero-order valence-electron chi connectivity index (χ0n) is 21.0. The summed E-state index contributed by atoms with van der Waals surface area (Å²) < 4.78 is 29.6. The normalized spacial score (nSPS) is 39.0. The Morgan fingerprint density at radius 2 is 1.91 bits per heavy atom. The Kier molecular flexibility index (Phi) is 4.62. The van der Waals surface area contributed by atoms with Crippen LogP contribution in [0.25, 0.3) is 0 Å². The number of ether oxygens (including phenoxy) is 5. The lowest BCUT2D eigenvalue weighted by Crippen LogP contribution is -2.80. The summed E-state index contributed by atoms with van der Waals surface area (Å²) in [6.07, 6.45) is 3.23. The molecule has 4 fully saturated rings. The van der Waals surface area contributed by atoms with Crippen molar-refractivity contribution in [3.8, 4) is 11.5 Å². The van der Waals surface area contributed by atoms with Crippen molar-refractivity contribution >= 4 is 17.6 Å². The third-order valence-corrected chi connectivity index (χ3v) is 9.50. The van der Waals surface area contributed by atoms with Crippen molar-refractivity contribution in [2.45, 2.75) is 50.1 Å². The first-order valence-corrected chi connectivity index (χ1v) is 12.1. The highest BCUT2D eigenvalue weighted by atomic mass is 16.6. The lowest BCUT2D eigenvalue weighted by Gasteiger charge is -2.65. The molecule has 4 bridgehead atoms. The second-order valence-electron chi connectivity index (χ2n) is 10.2. The standard InChI is InChI=1S/C26H32N2O7/c1-7-15-12-28-21-9-16(15)24(23(30)33-6,13-34-14(2)29)25-11-22(28)35-26(21,25)27(3)18-10-20(32-5)19(31-4)8-17(18)25/h7-8,10,16,21-22H,9,11-13H2,1-6H3/t16-,21+,22+,24-,25+,26+/m1/s1. The number of rotatable bonds is 5. The summed E-state index contributed by atoms with van der Waals surface area (Å²) in [5, 5.41) is 0. The summed E-state index contributed by atoms with van der Waals surface area (Å²) in [5.74, 6) is 0.226. The number of benzene rings is 1. The predicted molar refractivity (Wildman–Crippen MR) is 125 cm³/mol. The smallest absolute Gasteiger partial charge is 0.317 e. The molecule has 6 atom stereocenters. The number of likely N-dealkylation sites (N-methyl/N-ethyl adjacent to an activating group) is 1. The maximum Gasteiger partial charge on any atom is 0.317 e. The molecule has 1 spiro atoms. The van der Waals surface area contributed by atoms with Gasteiger partial charge in [0.15, 0.2) is 17.2 Å². The van der Waals surface area contributed by atoms with Gasteiger partial charge in [0, 0.05) is 44.6 Å². The van der Waals surface area contributed by atoms with Crippen LogP contribution in [-0.2, 0) is 29.2 Å². The van der Waals surface area contributed by atoms with Crippen LogP contribution in [0.4, 0.5) is 5.69 Å². The maximum absolute atomic E-state index is 14.2. The van der Waals surface area contributed by atoms with Gasteiger partial charge in [-0.15, -0.1) is 0 Å². The Labute approximate surface area is 204 Å². The second-order valence-corrected chi connectivity index (χ2v) is 10.2. The molecular formula is C26H32N2O7. The summed E-state index contributed by atoms with van der Waals surface area (Å²) in [5.41, 5.74) is 0.208. The molecule has 3 saturated heterocycles. The Hall–Kier alpha value is -2.78. The van der Waals surface area contributed by atoms with Crippen LogP contribution in [0, 0.1) is 11.3 Å². The molecule has 35 heavy (non-hydrogen) atoms. The highest BCUT2D eigenvalue weighted by molar-refractivity contribution is 5.87. The van der Waals surface area contributed by atoms with Gasteiger partial charge in [-0.05, 0) is 25.0 Å². The first-order chi connectivity index (χ1) is 16.8. The van der Waals surface area contributed by atoms with E-state index in [0.29, 0.717) is 30.9 Å². The van der Waals surface area contributed by atoms with Crippen molar-refractivity contribution in [2.75, 3.05) is 46.4 Å². The molecule has 0 unspecified atom stereocenters. The first kappa shape index (κ1) is 22.7. The van der Waals surface area contributed by atoms with Gasteiger partial charge in [0.05, 0.1) is 32.8 Å². The van der Waals surface area contributed by atoms with Crippen molar-refractivity contribution < 1.29 is 33.3 Å². The van der Waals surface area contributed by atoms with Crippen molar-refractivity contribution in [3.05, 3.63) is 29.3 Å². The van der Waals surface area contributed by atoms with Crippen molar-refractivity contribution in [2.24, 2.45) is 11.3 Å². The van der Waals surface area contributed by atoms with E-state index in [1.807, 2.05) is 26.1 Å². The molecule has 0 radical (unpaired) electrons. The molecule has 4 heterocycles. The van der Waals surface area contributed by atoms with E-state index in [9.17, 15) is 9.59 Å². The van der Waals surface area contributed by atoms with Crippen LogP contribution in [-0.4, -0.2) is 76.4 Å². The van der Waals surface area contributed by atoms with E-state index in [-0.39, 0.29) is 30.8 Å². The number of fused-ring (bicyclic) bond motifs is 4. The lowest BCUT2D eigenvalue weighted by atomic mass is 9.42. The maximum atomic E-state index is 14.2. The highest BCUT2D eigenvalue weighted by Crippen LogP contribution is 2.78. The molecule has 1 aromatic carbocycles. The molecule has 4 aliphatic heterocycles. The van der Waals surface area contributed by atoms with Gasteiger partial charge in [-0.25, -0.2) is 0 Å². The highest BCUT2D eigenvalue weighted by Gasteiger charge is 2.88. The van der Waals surface area contributed by atoms with Crippen LogP contribution in [0.2, 0.25) is 0 Å². The minimum absolute atomic E-state index is 0.0689. The van der Waals surface area contributed by atoms with Crippen molar-refractivity contribution in [3.63, 3.8) is 0 Å². The van der Waals surface area contributed by atoms with Crippen molar-refractivity contribution in [1.82, 2.24) is 4.90 Å². The summed E-state index contributed by atoms with van der Waals surface area (Å²) in [6, 6.07) is 4.01.